The first kappa shape index (κ1) is 20.7. The lowest BCUT2D eigenvalue weighted by molar-refractivity contribution is 0.304. The molecular formula is C29H40. The van der Waals surface area contributed by atoms with Crippen molar-refractivity contribution in [1.82, 2.24) is 0 Å². The van der Waals surface area contributed by atoms with Crippen molar-refractivity contribution in [2.45, 2.75) is 96.3 Å². The van der Waals surface area contributed by atoms with Crippen molar-refractivity contribution >= 4 is 0 Å². The first-order valence-electron chi connectivity index (χ1n) is 12.4. The van der Waals surface area contributed by atoms with Crippen molar-refractivity contribution in [1.29, 1.82) is 0 Å². The number of hydrogen-bond acceptors (Lipinski definition) is 0. The minimum Gasteiger partial charge on any atom is -0.0654 e. The Morgan fingerprint density at radius 2 is 1.07 bits per heavy atom. The SMILES string of the molecule is CCCC[C@H]1CC[C@H](c2ccc(-c3ccc([C@H]4CC[C@H](C)CC4)cc3)cc2)CC1. The molecule has 2 aliphatic rings. The van der Waals surface area contributed by atoms with Gasteiger partial charge in [-0.05, 0) is 84.5 Å². The summed E-state index contributed by atoms with van der Waals surface area (Å²) >= 11 is 0. The molecule has 156 valence electrons. The quantitative estimate of drug-likeness (QED) is 0.463. The van der Waals surface area contributed by atoms with Gasteiger partial charge in [-0.3, -0.25) is 0 Å². The topological polar surface area (TPSA) is 0 Å². The number of benzene rings is 2. The number of hydrogen-bond donors (Lipinski definition) is 0. The summed E-state index contributed by atoms with van der Waals surface area (Å²) in [6, 6.07) is 19.0. The maximum atomic E-state index is 2.41. The molecule has 0 atom stereocenters. The minimum atomic E-state index is 0.787. The molecule has 0 amide bonds. The lowest BCUT2D eigenvalue weighted by atomic mass is 9.77. The van der Waals surface area contributed by atoms with E-state index in [0.29, 0.717) is 0 Å². The fourth-order valence-electron chi connectivity index (χ4n) is 5.77. The second-order valence-corrected chi connectivity index (χ2v) is 10.1. The van der Waals surface area contributed by atoms with Gasteiger partial charge in [-0.25, -0.2) is 0 Å². The van der Waals surface area contributed by atoms with Gasteiger partial charge < -0.3 is 0 Å². The fraction of sp³-hybridized carbons (Fsp3) is 0.586. The van der Waals surface area contributed by atoms with Crippen LogP contribution < -0.4 is 0 Å². The standard InChI is InChI=1S/C29H40/c1-3-4-5-23-8-12-25(13-9-23)27-16-20-29(21-17-27)28-18-14-26(15-19-28)24-10-6-22(2)7-11-24/h14-25H,3-13H2,1-2H3/t22-,23-,24-,25-. The van der Waals surface area contributed by atoms with Crippen LogP contribution in [0.3, 0.4) is 0 Å². The Bertz CT molecular complexity index is 723. The molecule has 4 rings (SSSR count). The number of unbranched alkanes of at least 4 members (excludes halogenated alkanes) is 1. The molecule has 0 spiro atoms. The molecule has 0 radical (unpaired) electrons. The van der Waals surface area contributed by atoms with Crippen LogP contribution in [-0.2, 0) is 0 Å². The summed E-state index contributed by atoms with van der Waals surface area (Å²) in [6.07, 6.45) is 15.4. The third-order valence-corrected chi connectivity index (χ3v) is 7.93. The maximum Gasteiger partial charge on any atom is -0.0162 e. The van der Waals surface area contributed by atoms with Crippen molar-refractivity contribution in [3.63, 3.8) is 0 Å². The summed E-state index contributed by atoms with van der Waals surface area (Å²) in [4.78, 5) is 0. The zero-order chi connectivity index (χ0) is 20.1. The Labute approximate surface area is 179 Å². The first-order chi connectivity index (χ1) is 14.2. The molecule has 0 heteroatoms. The van der Waals surface area contributed by atoms with Crippen LogP contribution in [0.2, 0.25) is 0 Å². The zero-order valence-electron chi connectivity index (χ0n) is 18.7. The third-order valence-electron chi connectivity index (χ3n) is 7.93. The normalized spacial score (nSPS) is 27.7. The van der Waals surface area contributed by atoms with Crippen molar-refractivity contribution in [3.8, 4) is 11.1 Å². The van der Waals surface area contributed by atoms with Crippen LogP contribution in [0.4, 0.5) is 0 Å². The Kier molecular flexibility index (Phi) is 7.11. The van der Waals surface area contributed by atoms with Gasteiger partial charge in [-0.1, -0.05) is 94.5 Å². The maximum absolute atomic E-state index is 2.41. The average Bonchev–Trinajstić information content (AvgIpc) is 2.79. The monoisotopic (exact) mass is 388 g/mol. The lowest BCUT2D eigenvalue weighted by Gasteiger charge is -2.29. The van der Waals surface area contributed by atoms with E-state index in [-0.39, 0.29) is 0 Å². The predicted octanol–water partition coefficient (Wildman–Crippen LogP) is 9.11. The average molecular weight is 389 g/mol. The summed E-state index contributed by atoms with van der Waals surface area (Å²) in [7, 11) is 0. The molecule has 0 aromatic heterocycles. The smallest absolute Gasteiger partial charge is 0.0162 e. The molecule has 0 nitrogen and oxygen atoms in total. The van der Waals surface area contributed by atoms with Crippen molar-refractivity contribution in [2.24, 2.45) is 11.8 Å². The molecule has 0 aliphatic heterocycles. The van der Waals surface area contributed by atoms with Crippen LogP contribution in [0.15, 0.2) is 48.5 Å². The molecule has 2 saturated carbocycles. The summed E-state index contributed by atoms with van der Waals surface area (Å²) in [5, 5.41) is 0. The molecule has 0 saturated heterocycles. The molecule has 29 heavy (non-hydrogen) atoms. The van der Waals surface area contributed by atoms with Crippen LogP contribution >= 0.6 is 0 Å². The van der Waals surface area contributed by atoms with Crippen molar-refractivity contribution < 1.29 is 0 Å². The summed E-state index contributed by atoms with van der Waals surface area (Å²) < 4.78 is 0. The lowest BCUT2D eigenvalue weighted by Crippen LogP contribution is -2.13. The van der Waals surface area contributed by atoms with Gasteiger partial charge >= 0.3 is 0 Å². The van der Waals surface area contributed by atoms with Gasteiger partial charge in [0.15, 0.2) is 0 Å². The highest BCUT2D eigenvalue weighted by molar-refractivity contribution is 5.64. The van der Waals surface area contributed by atoms with Gasteiger partial charge in [0, 0.05) is 0 Å². The molecule has 2 aromatic carbocycles. The van der Waals surface area contributed by atoms with Crippen LogP contribution in [0.25, 0.3) is 11.1 Å². The van der Waals surface area contributed by atoms with E-state index < -0.39 is 0 Å². The highest BCUT2D eigenvalue weighted by Crippen LogP contribution is 2.39. The molecular weight excluding hydrogens is 348 g/mol. The van der Waals surface area contributed by atoms with Crippen LogP contribution in [0, 0.1) is 11.8 Å². The highest BCUT2D eigenvalue weighted by atomic mass is 14.3. The van der Waals surface area contributed by atoms with Crippen LogP contribution in [-0.4, -0.2) is 0 Å². The Balaban J connectivity index is 1.34. The van der Waals surface area contributed by atoms with E-state index in [1.807, 2.05) is 0 Å². The molecule has 0 bridgehead atoms. The van der Waals surface area contributed by atoms with E-state index in [1.165, 1.54) is 81.8 Å². The molecule has 0 unspecified atom stereocenters. The number of rotatable bonds is 6. The Morgan fingerprint density at radius 1 is 0.621 bits per heavy atom. The van der Waals surface area contributed by atoms with Gasteiger partial charge in [0.25, 0.3) is 0 Å². The van der Waals surface area contributed by atoms with E-state index in [1.54, 1.807) is 11.1 Å². The third kappa shape index (κ3) is 5.33. The predicted molar refractivity (Wildman–Crippen MR) is 126 cm³/mol. The molecule has 0 heterocycles. The second kappa shape index (κ2) is 9.96. The molecule has 2 aromatic rings. The molecule has 0 N–H and O–H groups in total. The highest BCUT2D eigenvalue weighted by Gasteiger charge is 2.22. The van der Waals surface area contributed by atoms with Gasteiger partial charge in [-0.2, -0.15) is 0 Å². The minimum absolute atomic E-state index is 0.787. The Hall–Kier alpha value is -1.56. The van der Waals surface area contributed by atoms with Crippen molar-refractivity contribution in [2.75, 3.05) is 0 Å². The molecule has 2 aliphatic carbocycles. The van der Waals surface area contributed by atoms with Gasteiger partial charge in [0.05, 0.1) is 0 Å². The largest absolute Gasteiger partial charge is 0.0654 e. The zero-order valence-corrected chi connectivity index (χ0v) is 18.7. The van der Waals surface area contributed by atoms with Crippen LogP contribution in [0.1, 0.15) is 107 Å². The fourth-order valence-corrected chi connectivity index (χ4v) is 5.77. The van der Waals surface area contributed by atoms with Gasteiger partial charge in [0.2, 0.25) is 0 Å². The first-order valence-corrected chi connectivity index (χ1v) is 12.4. The molecule has 2 fully saturated rings. The summed E-state index contributed by atoms with van der Waals surface area (Å²) in [5.41, 5.74) is 5.86. The van der Waals surface area contributed by atoms with E-state index in [9.17, 15) is 0 Å². The Morgan fingerprint density at radius 3 is 1.52 bits per heavy atom. The summed E-state index contributed by atoms with van der Waals surface area (Å²) in [5.74, 6) is 3.50. The van der Waals surface area contributed by atoms with E-state index in [2.05, 4.69) is 62.4 Å². The van der Waals surface area contributed by atoms with Crippen LogP contribution in [0.5, 0.6) is 0 Å². The van der Waals surface area contributed by atoms with E-state index in [0.717, 1.165) is 23.7 Å². The van der Waals surface area contributed by atoms with Gasteiger partial charge in [0.1, 0.15) is 0 Å². The summed E-state index contributed by atoms with van der Waals surface area (Å²) in [6.45, 7) is 4.72. The van der Waals surface area contributed by atoms with Gasteiger partial charge in [-0.15, -0.1) is 0 Å². The van der Waals surface area contributed by atoms with Crippen molar-refractivity contribution in [3.05, 3.63) is 59.7 Å². The van der Waals surface area contributed by atoms with E-state index in [4.69, 9.17) is 0 Å². The second-order valence-electron chi connectivity index (χ2n) is 10.1. The van der Waals surface area contributed by atoms with E-state index >= 15 is 0 Å².